The van der Waals surface area contributed by atoms with E-state index in [0.717, 1.165) is 18.0 Å². The first-order chi connectivity index (χ1) is 16.8. The second kappa shape index (κ2) is 13.1. The van der Waals surface area contributed by atoms with Crippen molar-refractivity contribution in [1.82, 2.24) is 4.90 Å². The topological polar surface area (TPSA) is 98.6 Å². The van der Waals surface area contributed by atoms with Gasteiger partial charge in [-0.25, -0.2) is 0 Å². The summed E-state index contributed by atoms with van der Waals surface area (Å²) in [6.45, 7) is 0.916. The minimum atomic E-state index is -0.326. The van der Waals surface area contributed by atoms with Gasteiger partial charge in [-0.1, -0.05) is 11.6 Å². The van der Waals surface area contributed by atoms with E-state index in [1.165, 1.54) is 6.26 Å². The van der Waals surface area contributed by atoms with Crippen LogP contribution in [0.3, 0.4) is 0 Å². The van der Waals surface area contributed by atoms with E-state index in [0.29, 0.717) is 33.0 Å². The number of hydrogen-bond acceptors (Lipinski definition) is 6. The van der Waals surface area contributed by atoms with E-state index in [9.17, 15) is 9.59 Å². The van der Waals surface area contributed by atoms with E-state index in [4.69, 9.17) is 28.2 Å². The fourth-order valence-corrected chi connectivity index (χ4v) is 4.18. The van der Waals surface area contributed by atoms with Crippen LogP contribution in [0.15, 0.2) is 65.3 Å². The Balaban J connectivity index is 1.46. The van der Waals surface area contributed by atoms with Crippen molar-refractivity contribution in [2.45, 2.75) is 0 Å². The van der Waals surface area contributed by atoms with Gasteiger partial charge in [-0.15, -0.1) is 0 Å². The number of halogens is 1. The van der Waals surface area contributed by atoms with E-state index in [1.54, 1.807) is 66.4 Å². The summed E-state index contributed by atoms with van der Waals surface area (Å²) in [6, 6.07) is 15.5. The Morgan fingerprint density at radius 2 is 1.63 bits per heavy atom. The van der Waals surface area contributed by atoms with Crippen molar-refractivity contribution in [2.75, 3.05) is 53.4 Å². The number of hydrogen-bond donors (Lipinski definition) is 4. The van der Waals surface area contributed by atoms with Crippen LogP contribution >= 0.6 is 35.6 Å². The number of nitrogens with zero attached hydrogens (tertiary/aromatic N) is 1. The van der Waals surface area contributed by atoms with E-state index in [1.807, 2.05) is 14.1 Å². The molecular weight excluding hydrogens is 506 g/mol. The molecule has 8 nitrogen and oxygen atoms in total. The summed E-state index contributed by atoms with van der Waals surface area (Å²) >= 11 is 13.3. The normalized spacial score (nSPS) is 10.6. The van der Waals surface area contributed by atoms with Crippen molar-refractivity contribution in [3.63, 3.8) is 0 Å². The summed E-state index contributed by atoms with van der Waals surface area (Å²) in [6.07, 6.45) is 1.44. The smallest absolute Gasteiger partial charge is 0.291 e. The number of thiocarbonyl (C=S) groups is 1. The van der Waals surface area contributed by atoms with Crippen LogP contribution in [0, 0.1) is 0 Å². The molecule has 35 heavy (non-hydrogen) atoms. The van der Waals surface area contributed by atoms with Crippen LogP contribution in [0.2, 0.25) is 5.02 Å². The van der Waals surface area contributed by atoms with E-state index < -0.39 is 0 Å². The molecule has 2 amide bonds. The highest BCUT2D eigenvalue weighted by Crippen LogP contribution is 2.26. The highest BCUT2D eigenvalue weighted by Gasteiger charge is 2.10. The number of carbonyl (C=O) groups is 2. The molecule has 0 atom stereocenters. The number of nitrogens with one attached hydrogen (secondary N) is 4. The summed E-state index contributed by atoms with van der Waals surface area (Å²) in [5.74, 6) is 1.05. The highest BCUT2D eigenvalue weighted by atomic mass is 35.5. The molecule has 1 aromatic heterocycles. The number of furan rings is 1. The SMILES string of the molecule is CN(C)CCSCC(=O)Nc1ccc(NC(=S)Nc2ccc(NC(=O)c3ccco3)cc2)cc1Cl. The minimum absolute atomic E-state index is 0.0997. The molecule has 0 aliphatic heterocycles. The zero-order valence-corrected chi connectivity index (χ0v) is 21.7. The van der Waals surface area contributed by atoms with Crippen LogP contribution in [0.5, 0.6) is 0 Å². The van der Waals surface area contributed by atoms with Gasteiger partial charge in [0.15, 0.2) is 10.9 Å². The zero-order valence-electron chi connectivity index (χ0n) is 19.3. The van der Waals surface area contributed by atoms with Gasteiger partial charge in [0.05, 0.1) is 22.7 Å². The molecular formula is C24H26ClN5O3S2. The van der Waals surface area contributed by atoms with E-state index in [-0.39, 0.29) is 17.6 Å². The van der Waals surface area contributed by atoms with Crippen LogP contribution < -0.4 is 21.3 Å². The number of amides is 2. The van der Waals surface area contributed by atoms with Crippen molar-refractivity contribution < 1.29 is 14.0 Å². The maximum atomic E-state index is 12.1. The lowest BCUT2D eigenvalue weighted by Gasteiger charge is -2.13. The largest absolute Gasteiger partial charge is 0.459 e. The molecule has 0 bridgehead atoms. The number of benzene rings is 2. The standard InChI is InChI=1S/C24H26ClN5O3S2/c1-30(2)11-13-35-15-22(31)29-20-10-9-18(14-19(20)25)28-24(34)27-17-7-5-16(6-8-17)26-23(32)21-4-3-12-33-21/h3-10,12,14H,11,13,15H2,1-2H3,(H,26,32)(H,29,31)(H2,27,28,34). The van der Waals surface area contributed by atoms with Crippen LogP contribution in [-0.4, -0.2) is 54.0 Å². The Hall–Kier alpha value is -3.05. The molecule has 3 rings (SSSR count). The van der Waals surface area contributed by atoms with Gasteiger partial charge in [-0.3, -0.25) is 9.59 Å². The predicted octanol–water partition coefficient (Wildman–Crippen LogP) is 5.23. The molecule has 0 radical (unpaired) electrons. The van der Waals surface area contributed by atoms with Gasteiger partial charge in [0, 0.05) is 29.4 Å². The lowest BCUT2D eigenvalue weighted by Crippen LogP contribution is -2.19. The quantitative estimate of drug-likeness (QED) is 0.208. The number of anilines is 4. The highest BCUT2D eigenvalue weighted by molar-refractivity contribution is 7.99. The second-order valence-electron chi connectivity index (χ2n) is 7.69. The second-order valence-corrected chi connectivity index (χ2v) is 9.61. The van der Waals surface area contributed by atoms with Gasteiger partial charge in [0.2, 0.25) is 5.91 Å². The van der Waals surface area contributed by atoms with E-state index >= 15 is 0 Å². The predicted molar refractivity (Wildman–Crippen MR) is 149 cm³/mol. The monoisotopic (exact) mass is 531 g/mol. The fraction of sp³-hybridized carbons (Fsp3) is 0.208. The molecule has 184 valence electrons. The van der Waals surface area contributed by atoms with Gasteiger partial charge >= 0.3 is 0 Å². The Kier molecular flexibility index (Phi) is 9.98. The first-order valence-corrected chi connectivity index (χ1v) is 12.6. The van der Waals surface area contributed by atoms with Gasteiger partial charge < -0.3 is 30.6 Å². The average molecular weight is 532 g/mol. The third-order valence-corrected chi connectivity index (χ3v) is 6.02. The lowest BCUT2D eigenvalue weighted by atomic mass is 10.2. The molecule has 0 spiro atoms. The summed E-state index contributed by atoms with van der Waals surface area (Å²) in [7, 11) is 4.00. The third kappa shape index (κ3) is 8.91. The minimum Gasteiger partial charge on any atom is -0.459 e. The van der Waals surface area contributed by atoms with Crippen molar-refractivity contribution in [3.05, 3.63) is 71.6 Å². The molecule has 0 unspecified atom stereocenters. The molecule has 11 heteroatoms. The van der Waals surface area contributed by atoms with Crippen LogP contribution in [0.1, 0.15) is 10.6 Å². The maximum absolute atomic E-state index is 12.1. The van der Waals surface area contributed by atoms with Gasteiger partial charge in [0.25, 0.3) is 5.91 Å². The number of thioether (sulfide) groups is 1. The molecule has 1 heterocycles. The molecule has 0 aliphatic carbocycles. The van der Waals surface area contributed by atoms with E-state index in [2.05, 4.69) is 26.2 Å². The first-order valence-electron chi connectivity index (χ1n) is 10.6. The van der Waals surface area contributed by atoms with Crippen LogP contribution in [0.25, 0.3) is 0 Å². The van der Waals surface area contributed by atoms with Crippen LogP contribution in [0.4, 0.5) is 22.7 Å². The molecule has 3 aromatic rings. The average Bonchev–Trinajstić information content (AvgIpc) is 3.35. The first kappa shape index (κ1) is 26.6. The molecule has 0 saturated carbocycles. The summed E-state index contributed by atoms with van der Waals surface area (Å²) in [5, 5.41) is 12.5. The Bertz CT molecular complexity index is 1150. The Morgan fingerprint density at radius 3 is 2.26 bits per heavy atom. The van der Waals surface area contributed by atoms with Crippen molar-refractivity contribution in [3.8, 4) is 0 Å². The zero-order chi connectivity index (χ0) is 25.2. The molecule has 0 fully saturated rings. The summed E-state index contributed by atoms with van der Waals surface area (Å²) < 4.78 is 5.08. The maximum Gasteiger partial charge on any atom is 0.291 e. The molecule has 4 N–H and O–H groups in total. The van der Waals surface area contributed by atoms with Crippen molar-refractivity contribution >= 4 is 75.3 Å². The summed E-state index contributed by atoms with van der Waals surface area (Å²) in [5.41, 5.74) is 2.58. The van der Waals surface area contributed by atoms with Gasteiger partial charge in [-0.2, -0.15) is 11.8 Å². The van der Waals surface area contributed by atoms with Gasteiger partial charge in [0.1, 0.15) is 0 Å². The molecule has 0 aliphatic rings. The van der Waals surface area contributed by atoms with Gasteiger partial charge in [-0.05, 0) is 80.9 Å². The van der Waals surface area contributed by atoms with Crippen molar-refractivity contribution in [1.29, 1.82) is 0 Å². The number of rotatable bonds is 10. The molecule has 0 saturated heterocycles. The third-order valence-electron chi connectivity index (χ3n) is 4.56. The fourth-order valence-electron chi connectivity index (χ4n) is 2.82. The van der Waals surface area contributed by atoms with Crippen molar-refractivity contribution in [2.24, 2.45) is 0 Å². The number of carbonyl (C=O) groups excluding carboxylic acids is 2. The molecule has 2 aromatic carbocycles. The lowest BCUT2D eigenvalue weighted by molar-refractivity contribution is -0.113. The Morgan fingerprint density at radius 1 is 0.971 bits per heavy atom. The summed E-state index contributed by atoms with van der Waals surface area (Å²) in [4.78, 5) is 26.3. The Labute approximate surface area is 218 Å². The van der Waals surface area contributed by atoms with Crippen LogP contribution in [-0.2, 0) is 4.79 Å².